The van der Waals surface area contributed by atoms with Crippen LogP contribution < -0.4 is 4.74 Å². The lowest BCUT2D eigenvalue weighted by molar-refractivity contribution is 0.0772. The molecule has 0 spiro atoms. The molecule has 1 aliphatic heterocycles. The number of benzene rings is 2. The predicted octanol–water partition coefficient (Wildman–Crippen LogP) is 3.29. The second-order valence-corrected chi connectivity index (χ2v) is 5.46. The second-order valence-electron chi connectivity index (χ2n) is 5.46. The van der Waals surface area contributed by atoms with Crippen molar-refractivity contribution in [2.24, 2.45) is 0 Å². The molecule has 4 heteroatoms. The summed E-state index contributed by atoms with van der Waals surface area (Å²) >= 11 is 0. The SMILES string of the molecule is CCN(CC)C(=O)c1ccc2c(c1)OCc1ccccc1C2=O. The fourth-order valence-electron chi connectivity index (χ4n) is 2.82. The quantitative estimate of drug-likeness (QED) is 0.874. The van der Waals surface area contributed by atoms with E-state index in [4.69, 9.17) is 4.74 Å². The van der Waals surface area contributed by atoms with Crippen LogP contribution in [0.15, 0.2) is 42.5 Å². The standard InChI is InChI=1S/C19H19NO3/c1-3-20(4-2)19(22)13-9-10-16-17(11-13)23-12-14-7-5-6-8-15(14)18(16)21/h5-11H,3-4,12H2,1-2H3. The minimum atomic E-state index is -0.0602. The van der Waals surface area contributed by atoms with Gasteiger partial charge < -0.3 is 9.64 Å². The van der Waals surface area contributed by atoms with Crippen molar-refractivity contribution in [1.82, 2.24) is 4.90 Å². The van der Waals surface area contributed by atoms with Gasteiger partial charge in [0, 0.05) is 29.8 Å². The zero-order chi connectivity index (χ0) is 16.4. The molecule has 118 valence electrons. The summed E-state index contributed by atoms with van der Waals surface area (Å²) in [6, 6.07) is 12.5. The number of ether oxygens (including phenoxy) is 1. The molecule has 0 N–H and O–H groups in total. The van der Waals surface area contributed by atoms with Gasteiger partial charge in [-0.05, 0) is 32.0 Å². The molecule has 2 aromatic rings. The Kier molecular flexibility index (Phi) is 4.15. The van der Waals surface area contributed by atoms with Crippen LogP contribution in [-0.4, -0.2) is 29.7 Å². The Morgan fingerprint density at radius 1 is 1.09 bits per heavy atom. The summed E-state index contributed by atoms with van der Waals surface area (Å²) < 4.78 is 5.79. The van der Waals surface area contributed by atoms with Crippen LogP contribution in [0.3, 0.4) is 0 Å². The zero-order valence-electron chi connectivity index (χ0n) is 13.3. The smallest absolute Gasteiger partial charge is 0.253 e. The highest BCUT2D eigenvalue weighted by Gasteiger charge is 2.23. The fourth-order valence-corrected chi connectivity index (χ4v) is 2.82. The van der Waals surface area contributed by atoms with Gasteiger partial charge in [-0.25, -0.2) is 0 Å². The van der Waals surface area contributed by atoms with Crippen molar-refractivity contribution < 1.29 is 14.3 Å². The van der Waals surface area contributed by atoms with E-state index in [1.807, 2.05) is 38.1 Å². The molecular weight excluding hydrogens is 290 g/mol. The molecule has 0 fully saturated rings. The largest absolute Gasteiger partial charge is 0.488 e. The van der Waals surface area contributed by atoms with Gasteiger partial charge in [0.1, 0.15) is 12.4 Å². The van der Waals surface area contributed by atoms with Crippen LogP contribution in [0, 0.1) is 0 Å². The maximum atomic E-state index is 12.7. The van der Waals surface area contributed by atoms with E-state index in [1.54, 1.807) is 23.1 Å². The first kappa shape index (κ1) is 15.3. The monoisotopic (exact) mass is 309 g/mol. The molecule has 0 saturated carbocycles. The van der Waals surface area contributed by atoms with Gasteiger partial charge in [0.2, 0.25) is 0 Å². The second kappa shape index (κ2) is 6.24. The van der Waals surface area contributed by atoms with Crippen LogP contribution >= 0.6 is 0 Å². The van der Waals surface area contributed by atoms with E-state index in [1.165, 1.54) is 0 Å². The Labute approximate surface area is 135 Å². The summed E-state index contributed by atoms with van der Waals surface area (Å²) in [4.78, 5) is 26.9. The molecule has 0 bridgehead atoms. The summed E-state index contributed by atoms with van der Waals surface area (Å²) in [6.45, 7) is 5.52. The van der Waals surface area contributed by atoms with Crippen LogP contribution in [0.25, 0.3) is 0 Å². The Morgan fingerprint density at radius 2 is 1.83 bits per heavy atom. The minimum Gasteiger partial charge on any atom is -0.488 e. The van der Waals surface area contributed by atoms with E-state index in [2.05, 4.69) is 0 Å². The van der Waals surface area contributed by atoms with Crippen molar-refractivity contribution in [3.8, 4) is 5.75 Å². The molecule has 1 amide bonds. The highest BCUT2D eigenvalue weighted by molar-refractivity contribution is 6.12. The lowest BCUT2D eigenvalue weighted by Gasteiger charge is -2.19. The maximum Gasteiger partial charge on any atom is 0.253 e. The van der Waals surface area contributed by atoms with Gasteiger partial charge in [-0.3, -0.25) is 9.59 Å². The number of amides is 1. The van der Waals surface area contributed by atoms with Crippen molar-refractivity contribution in [1.29, 1.82) is 0 Å². The van der Waals surface area contributed by atoms with E-state index in [9.17, 15) is 9.59 Å². The molecule has 0 saturated heterocycles. The fraction of sp³-hybridized carbons (Fsp3) is 0.263. The zero-order valence-corrected chi connectivity index (χ0v) is 13.3. The lowest BCUT2D eigenvalue weighted by atomic mass is 9.98. The van der Waals surface area contributed by atoms with Gasteiger partial charge in [0.15, 0.2) is 5.78 Å². The number of hydrogen-bond donors (Lipinski definition) is 0. The normalized spacial score (nSPS) is 12.7. The third kappa shape index (κ3) is 2.72. The number of hydrogen-bond acceptors (Lipinski definition) is 3. The lowest BCUT2D eigenvalue weighted by Crippen LogP contribution is -2.30. The van der Waals surface area contributed by atoms with E-state index in [-0.39, 0.29) is 11.7 Å². The number of rotatable bonds is 3. The first-order chi connectivity index (χ1) is 11.2. The molecule has 1 heterocycles. The molecule has 0 unspecified atom stereocenters. The number of ketones is 1. The molecule has 0 aliphatic carbocycles. The molecule has 0 aromatic heterocycles. The number of fused-ring (bicyclic) bond motifs is 2. The van der Waals surface area contributed by atoms with Crippen molar-refractivity contribution in [3.05, 3.63) is 64.7 Å². The molecule has 0 atom stereocenters. The first-order valence-electron chi connectivity index (χ1n) is 7.84. The molecule has 0 radical (unpaired) electrons. The van der Waals surface area contributed by atoms with Gasteiger partial charge in [0.25, 0.3) is 5.91 Å². The van der Waals surface area contributed by atoms with Crippen LogP contribution in [0.1, 0.15) is 45.7 Å². The Balaban J connectivity index is 2.00. The minimum absolute atomic E-state index is 0.0457. The highest BCUT2D eigenvalue weighted by atomic mass is 16.5. The van der Waals surface area contributed by atoms with Crippen molar-refractivity contribution >= 4 is 11.7 Å². The topological polar surface area (TPSA) is 46.6 Å². The van der Waals surface area contributed by atoms with Crippen molar-refractivity contribution in [3.63, 3.8) is 0 Å². The maximum absolute atomic E-state index is 12.7. The number of nitrogens with zero attached hydrogens (tertiary/aromatic N) is 1. The average molecular weight is 309 g/mol. The van der Waals surface area contributed by atoms with Crippen molar-refractivity contribution in [2.45, 2.75) is 20.5 Å². The third-order valence-corrected chi connectivity index (χ3v) is 4.17. The number of carbonyl (C=O) groups is 2. The summed E-state index contributed by atoms with van der Waals surface area (Å²) in [5, 5.41) is 0. The summed E-state index contributed by atoms with van der Waals surface area (Å²) in [5.74, 6) is 0.370. The van der Waals surface area contributed by atoms with Gasteiger partial charge >= 0.3 is 0 Å². The van der Waals surface area contributed by atoms with Crippen LogP contribution in [0.5, 0.6) is 5.75 Å². The summed E-state index contributed by atoms with van der Waals surface area (Å²) in [6.07, 6.45) is 0. The molecule has 4 nitrogen and oxygen atoms in total. The van der Waals surface area contributed by atoms with Gasteiger partial charge in [-0.1, -0.05) is 24.3 Å². The summed E-state index contributed by atoms with van der Waals surface area (Å²) in [7, 11) is 0. The van der Waals surface area contributed by atoms with Gasteiger partial charge in [-0.2, -0.15) is 0 Å². The predicted molar refractivity (Wildman–Crippen MR) is 87.9 cm³/mol. The van der Waals surface area contributed by atoms with E-state index < -0.39 is 0 Å². The Morgan fingerprint density at radius 3 is 2.57 bits per heavy atom. The molecular formula is C19H19NO3. The summed E-state index contributed by atoms with van der Waals surface area (Å²) in [5.41, 5.74) is 2.58. The van der Waals surface area contributed by atoms with Crippen LogP contribution in [0.2, 0.25) is 0 Å². The molecule has 1 aliphatic rings. The van der Waals surface area contributed by atoms with E-state index >= 15 is 0 Å². The van der Waals surface area contributed by atoms with Crippen LogP contribution in [0.4, 0.5) is 0 Å². The molecule has 2 aromatic carbocycles. The highest BCUT2D eigenvalue weighted by Crippen LogP contribution is 2.29. The Hall–Kier alpha value is -2.62. The molecule has 23 heavy (non-hydrogen) atoms. The van der Waals surface area contributed by atoms with E-state index in [0.717, 1.165) is 5.56 Å². The van der Waals surface area contributed by atoms with E-state index in [0.29, 0.717) is 42.1 Å². The van der Waals surface area contributed by atoms with Crippen LogP contribution in [-0.2, 0) is 6.61 Å². The van der Waals surface area contributed by atoms with Crippen molar-refractivity contribution in [2.75, 3.05) is 13.1 Å². The van der Waals surface area contributed by atoms with Gasteiger partial charge in [-0.15, -0.1) is 0 Å². The van der Waals surface area contributed by atoms with Gasteiger partial charge in [0.05, 0.1) is 5.56 Å². The Bertz CT molecular complexity index is 763. The third-order valence-electron chi connectivity index (χ3n) is 4.17. The first-order valence-corrected chi connectivity index (χ1v) is 7.84. The average Bonchev–Trinajstić information content (AvgIpc) is 2.73. The number of carbonyl (C=O) groups excluding carboxylic acids is 2. The molecule has 3 rings (SSSR count).